The van der Waals surface area contributed by atoms with E-state index in [9.17, 15) is 13.2 Å². The Hall–Kier alpha value is -2.12. The summed E-state index contributed by atoms with van der Waals surface area (Å²) in [5.41, 5.74) is 1.58. The number of piperidine rings is 1. The highest BCUT2D eigenvalue weighted by atomic mass is 32.2. The Morgan fingerprint density at radius 3 is 2.48 bits per heavy atom. The van der Waals surface area contributed by atoms with Crippen LogP contribution in [0.3, 0.4) is 0 Å². The second-order valence-electron chi connectivity index (χ2n) is 6.32. The third-order valence-corrected chi connectivity index (χ3v) is 6.29. The summed E-state index contributed by atoms with van der Waals surface area (Å²) in [5.74, 6) is 0.0865. The Balaban J connectivity index is 1.54. The van der Waals surface area contributed by atoms with Crippen molar-refractivity contribution < 1.29 is 17.6 Å². The molecule has 1 amide bonds. The number of nitrogens with one attached hydrogen (secondary N) is 1. The van der Waals surface area contributed by atoms with Gasteiger partial charge in [-0.15, -0.1) is 0 Å². The predicted molar refractivity (Wildman–Crippen MR) is 94.6 cm³/mol. The first-order valence-electron chi connectivity index (χ1n) is 8.32. The molecule has 0 unspecified atom stereocenters. The highest BCUT2D eigenvalue weighted by molar-refractivity contribution is 7.88. The average Bonchev–Trinajstić information content (AvgIpc) is 3.02. The smallest absolute Gasteiger partial charge is 0.287 e. The molecule has 1 aromatic heterocycles. The molecule has 1 fully saturated rings. The molecule has 0 atom stereocenters. The molecule has 1 saturated heterocycles. The van der Waals surface area contributed by atoms with Crippen LogP contribution in [0, 0.1) is 6.92 Å². The fraction of sp³-hybridized carbons (Fsp3) is 0.389. The van der Waals surface area contributed by atoms with Crippen LogP contribution < -0.4 is 5.32 Å². The lowest BCUT2D eigenvalue weighted by molar-refractivity contribution is 0.0895. The van der Waals surface area contributed by atoms with Crippen LogP contribution in [-0.4, -0.2) is 37.8 Å². The molecule has 6 nitrogen and oxygen atoms in total. The normalized spacial score (nSPS) is 16.7. The molecule has 0 radical (unpaired) electrons. The van der Waals surface area contributed by atoms with E-state index in [2.05, 4.69) is 5.32 Å². The van der Waals surface area contributed by atoms with Gasteiger partial charge in [0.05, 0.1) is 12.0 Å². The third kappa shape index (κ3) is 4.29. The van der Waals surface area contributed by atoms with Crippen molar-refractivity contribution in [1.29, 1.82) is 0 Å². The molecule has 2 heterocycles. The van der Waals surface area contributed by atoms with Gasteiger partial charge in [-0.1, -0.05) is 30.3 Å². The number of furan rings is 1. The number of amides is 1. The van der Waals surface area contributed by atoms with Crippen LogP contribution in [-0.2, 0) is 15.8 Å². The molecule has 1 aromatic carbocycles. The summed E-state index contributed by atoms with van der Waals surface area (Å²) in [4.78, 5) is 12.2. The van der Waals surface area contributed by atoms with E-state index in [4.69, 9.17) is 4.42 Å². The highest BCUT2D eigenvalue weighted by Crippen LogP contribution is 2.18. The van der Waals surface area contributed by atoms with Crippen molar-refractivity contribution in [3.05, 3.63) is 59.5 Å². The second kappa shape index (κ2) is 7.41. The lowest BCUT2D eigenvalue weighted by Crippen LogP contribution is -2.46. The van der Waals surface area contributed by atoms with Crippen molar-refractivity contribution in [3.8, 4) is 0 Å². The maximum absolute atomic E-state index is 12.5. The molecular formula is C18H22N2O4S. The van der Waals surface area contributed by atoms with E-state index in [0.717, 1.165) is 11.1 Å². The van der Waals surface area contributed by atoms with Gasteiger partial charge in [0.15, 0.2) is 5.76 Å². The van der Waals surface area contributed by atoms with E-state index >= 15 is 0 Å². The predicted octanol–water partition coefficient (Wildman–Crippen LogP) is 2.31. The quantitative estimate of drug-likeness (QED) is 0.885. The van der Waals surface area contributed by atoms with Crippen molar-refractivity contribution in [2.45, 2.75) is 31.6 Å². The number of aryl methyl sites for hydroxylation is 1. The van der Waals surface area contributed by atoms with Gasteiger partial charge in [-0.05, 0) is 31.4 Å². The van der Waals surface area contributed by atoms with Gasteiger partial charge < -0.3 is 9.73 Å². The molecule has 1 N–H and O–H groups in total. The van der Waals surface area contributed by atoms with Crippen molar-refractivity contribution in [1.82, 2.24) is 9.62 Å². The average molecular weight is 362 g/mol. The van der Waals surface area contributed by atoms with Gasteiger partial charge in [-0.2, -0.15) is 0 Å². The van der Waals surface area contributed by atoms with Gasteiger partial charge >= 0.3 is 0 Å². The van der Waals surface area contributed by atoms with Crippen molar-refractivity contribution in [2.75, 3.05) is 13.1 Å². The van der Waals surface area contributed by atoms with Gasteiger partial charge in [-0.25, -0.2) is 12.7 Å². The van der Waals surface area contributed by atoms with Crippen LogP contribution in [0.1, 0.15) is 34.5 Å². The summed E-state index contributed by atoms with van der Waals surface area (Å²) >= 11 is 0. The summed E-state index contributed by atoms with van der Waals surface area (Å²) in [6.07, 6.45) is 2.68. The zero-order valence-electron chi connectivity index (χ0n) is 14.1. The molecule has 1 aliphatic rings. The summed E-state index contributed by atoms with van der Waals surface area (Å²) < 4.78 is 31.8. The summed E-state index contributed by atoms with van der Waals surface area (Å²) in [6, 6.07) is 10.9. The van der Waals surface area contributed by atoms with Gasteiger partial charge in [0, 0.05) is 24.7 Å². The van der Waals surface area contributed by atoms with Crippen LogP contribution in [0.2, 0.25) is 0 Å². The first-order chi connectivity index (χ1) is 12.0. The minimum Gasteiger partial charge on any atom is -0.459 e. The SMILES string of the molecule is Cc1ccoc1C(=O)NC1CCN(S(=O)(=O)Cc2ccccc2)CC1. The first kappa shape index (κ1) is 17.7. The Bertz CT molecular complexity index is 822. The molecule has 134 valence electrons. The summed E-state index contributed by atoms with van der Waals surface area (Å²) in [6.45, 7) is 2.64. The largest absolute Gasteiger partial charge is 0.459 e. The minimum atomic E-state index is -3.34. The number of benzene rings is 1. The van der Waals surface area contributed by atoms with Gasteiger partial charge in [0.25, 0.3) is 5.91 Å². The molecule has 0 saturated carbocycles. The van der Waals surface area contributed by atoms with Crippen molar-refractivity contribution in [2.24, 2.45) is 0 Å². The number of nitrogens with zero attached hydrogens (tertiary/aromatic N) is 1. The molecule has 1 aliphatic heterocycles. The number of hydrogen-bond acceptors (Lipinski definition) is 4. The van der Waals surface area contributed by atoms with Crippen LogP contribution in [0.25, 0.3) is 0 Å². The van der Waals surface area contributed by atoms with Gasteiger partial charge in [-0.3, -0.25) is 4.79 Å². The van der Waals surface area contributed by atoms with E-state index in [1.54, 1.807) is 6.07 Å². The molecule has 25 heavy (non-hydrogen) atoms. The lowest BCUT2D eigenvalue weighted by atomic mass is 10.1. The van der Waals surface area contributed by atoms with Crippen LogP contribution >= 0.6 is 0 Å². The van der Waals surface area contributed by atoms with E-state index in [1.165, 1.54) is 10.6 Å². The summed E-state index contributed by atoms with van der Waals surface area (Å²) in [5, 5.41) is 2.93. The molecule has 0 spiro atoms. The number of sulfonamides is 1. The highest BCUT2D eigenvalue weighted by Gasteiger charge is 2.29. The zero-order valence-corrected chi connectivity index (χ0v) is 15.0. The molecule has 3 rings (SSSR count). The molecule has 7 heteroatoms. The molecule has 0 aliphatic carbocycles. The number of carbonyl (C=O) groups is 1. The Morgan fingerprint density at radius 1 is 1.20 bits per heavy atom. The van der Waals surface area contributed by atoms with Crippen LogP contribution in [0.5, 0.6) is 0 Å². The maximum Gasteiger partial charge on any atom is 0.287 e. The van der Waals surface area contributed by atoms with Gasteiger partial charge in [0.1, 0.15) is 0 Å². The standard InChI is InChI=1S/C18H22N2O4S/c1-14-9-12-24-17(14)18(21)19-16-7-10-20(11-8-16)25(22,23)13-15-5-3-2-4-6-15/h2-6,9,12,16H,7-8,10-11,13H2,1H3,(H,19,21). The van der Waals surface area contributed by atoms with Crippen molar-refractivity contribution >= 4 is 15.9 Å². The number of hydrogen-bond donors (Lipinski definition) is 1. The first-order valence-corrected chi connectivity index (χ1v) is 9.93. The fourth-order valence-corrected chi connectivity index (χ4v) is 4.57. The Kier molecular flexibility index (Phi) is 5.24. The fourth-order valence-electron chi connectivity index (χ4n) is 3.01. The topological polar surface area (TPSA) is 79.6 Å². The Morgan fingerprint density at radius 2 is 1.88 bits per heavy atom. The number of carbonyl (C=O) groups excluding carboxylic acids is 1. The number of rotatable bonds is 5. The van der Waals surface area contributed by atoms with Crippen LogP contribution in [0.4, 0.5) is 0 Å². The zero-order chi connectivity index (χ0) is 17.9. The van der Waals surface area contributed by atoms with Crippen molar-refractivity contribution in [3.63, 3.8) is 0 Å². The van der Waals surface area contributed by atoms with Gasteiger partial charge in [0.2, 0.25) is 10.0 Å². The molecule has 2 aromatic rings. The third-order valence-electron chi connectivity index (χ3n) is 4.44. The molecule has 0 bridgehead atoms. The summed E-state index contributed by atoms with van der Waals surface area (Å²) in [7, 11) is -3.34. The second-order valence-corrected chi connectivity index (χ2v) is 8.29. The minimum absolute atomic E-state index is 0.0104. The van der Waals surface area contributed by atoms with E-state index in [1.807, 2.05) is 37.3 Å². The van der Waals surface area contributed by atoms with E-state index in [-0.39, 0.29) is 17.7 Å². The van der Waals surface area contributed by atoms with E-state index < -0.39 is 10.0 Å². The van der Waals surface area contributed by atoms with E-state index in [0.29, 0.717) is 31.7 Å². The monoisotopic (exact) mass is 362 g/mol. The maximum atomic E-state index is 12.5. The molecular weight excluding hydrogens is 340 g/mol. The van der Waals surface area contributed by atoms with Crippen LogP contribution in [0.15, 0.2) is 47.1 Å². The Labute approximate surface area is 147 Å². The lowest BCUT2D eigenvalue weighted by Gasteiger charge is -2.31.